The minimum atomic E-state index is -0.430. The molecule has 1 heterocycles. The maximum absolute atomic E-state index is 12.3. The highest BCUT2D eigenvalue weighted by Gasteiger charge is 2.12. The Morgan fingerprint density at radius 1 is 1.14 bits per heavy atom. The highest BCUT2D eigenvalue weighted by Crippen LogP contribution is 2.08. The van der Waals surface area contributed by atoms with E-state index < -0.39 is 5.91 Å². The lowest BCUT2D eigenvalue weighted by molar-refractivity contribution is -0.127. The molecule has 2 amide bonds. The molecule has 0 saturated carbocycles. The molecule has 0 bridgehead atoms. The van der Waals surface area contributed by atoms with E-state index in [1.807, 2.05) is 30.3 Å². The number of carbonyl (C=O) groups is 2. The maximum atomic E-state index is 12.3. The van der Waals surface area contributed by atoms with Crippen LogP contribution in [0.5, 0.6) is 0 Å². The third-order valence-electron chi connectivity index (χ3n) is 3.09. The number of nitrogens with zero attached hydrogens (tertiary/aromatic N) is 1. The zero-order valence-electron chi connectivity index (χ0n) is 12.1. The fourth-order valence-corrected chi connectivity index (χ4v) is 1.96. The third-order valence-corrected chi connectivity index (χ3v) is 3.09. The SMILES string of the molecule is NC(=O)CCN(Cc1ccccc1)C(=O)/C=C\c1ccco1. The van der Waals surface area contributed by atoms with E-state index in [1.54, 1.807) is 29.4 Å². The predicted octanol–water partition coefficient (Wildman–Crippen LogP) is 2.20. The summed E-state index contributed by atoms with van der Waals surface area (Å²) in [5, 5.41) is 0. The van der Waals surface area contributed by atoms with Crippen molar-refractivity contribution in [2.24, 2.45) is 5.73 Å². The Balaban J connectivity index is 2.05. The van der Waals surface area contributed by atoms with Gasteiger partial charge in [0, 0.05) is 25.6 Å². The molecule has 5 heteroatoms. The number of benzene rings is 1. The van der Waals surface area contributed by atoms with Crippen molar-refractivity contribution in [3.63, 3.8) is 0 Å². The summed E-state index contributed by atoms with van der Waals surface area (Å²) >= 11 is 0. The second-order valence-electron chi connectivity index (χ2n) is 4.81. The quantitative estimate of drug-likeness (QED) is 0.796. The first kappa shape index (κ1) is 15.6. The van der Waals surface area contributed by atoms with Crippen molar-refractivity contribution >= 4 is 17.9 Å². The number of rotatable bonds is 7. The smallest absolute Gasteiger partial charge is 0.247 e. The Hall–Kier alpha value is -2.82. The molecule has 0 saturated heterocycles. The molecule has 0 unspecified atom stereocenters. The van der Waals surface area contributed by atoms with Gasteiger partial charge < -0.3 is 15.1 Å². The minimum Gasteiger partial charge on any atom is -0.465 e. The van der Waals surface area contributed by atoms with Crippen molar-refractivity contribution in [2.45, 2.75) is 13.0 Å². The number of primary amides is 1. The summed E-state index contributed by atoms with van der Waals surface area (Å²) in [6.07, 6.45) is 4.71. The van der Waals surface area contributed by atoms with Crippen molar-refractivity contribution < 1.29 is 14.0 Å². The molecule has 0 aliphatic rings. The van der Waals surface area contributed by atoms with Gasteiger partial charge >= 0.3 is 0 Å². The summed E-state index contributed by atoms with van der Waals surface area (Å²) in [5.41, 5.74) is 6.17. The molecule has 2 N–H and O–H groups in total. The largest absolute Gasteiger partial charge is 0.465 e. The Labute approximate surface area is 129 Å². The first-order chi connectivity index (χ1) is 10.6. The standard InChI is InChI=1S/C17H18N2O3/c18-16(20)10-11-19(13-14-5-2-1-3-6-14)17(21)9-8-15-7-4-12-22-15/h1-9,12H,10-11,13H2,(H2,18,20)/b9-8-. The van der Waals surface area contributed by atoms with Gasteiger partial charge in [-0.25, -0.2) is 0 Å². The molecular weight excluding hydrogens is 280 g/mol. The van der Waals surface area contributed by atoms with Gasteiger partial charge in [-0.2, -0.15) is 0 Å². The molecule has 5 nitrogen and oxygen atoms in total. The molecule has 114 valence electrons. The lowest BCUT2D eigenvalue weighted by atomic mass is 10.2. The topological polar surface area (TPSA) is 76.5 Å². The highest BCUT2D eigenvalue weighted by atomic mass is 16.3. The fraction of sp³-hybridized carbons (Fsp3) is 0.176. The van der Waals surface area contributed by atoms with Crippen molar-refractivity contribution in [3.05, 3.63) is 66.1 Å². The molecule has 1 aromatic heterocycles. The zero-order chi connectivity index (χ0) is 15.8. The first-order valence-corrected chi connectivity index (χ1v) is 6.98. The summed E-state index contributed by atoms with van der Waals surface area (Å²) < 4.78 is 5.15. The van der Waals surface area contributed by atoms with E-state index >= 15 is 0 Å². The van der Waals surface area contributed by atoms with Gasteiger partial charge in [-0.1, -0.05) is 30.3 Å². The molecular formula is C17H18N2O3. The molecule has 2 rings (SSSR count). The van der Waals surface area contributed by atoms with Crippen LogP contribution in [0.3, 0.4) is 0 Å². The lowest BCUT2D eigenvalue weighted by Crippen LogP contribution is -2.32. The van der Waals surface area contributed by atoms with Crippen molar-refractivity contribution in [1.82, 2.24) is 4.90 Å². The summed E-state index contributed by atoms with van der Waals surface area (Å²) in [4.78, 5) is 24.9. The lowest BCUT2D eigenvalue weighted by Gasteiger charge is -2.20. The van der Waals surface area contributed by atoms with Gasteiger partial charge in [-0.3, -0.25) is 9.59 Å². The molecule has 0 fully saturated rings. The minimum absolute atomic E-state index is 0.132. The molecule has 0 aliphatic carbocycles. The van der Waals surface area contributed by atoms with Gasteiger partial charge in [0.2, 0.25) is 11.8 Å². The van der Waals surface area contributed by atoms with Crippen molar-refractivity contribution in [1.29, 1.82) is 0 Å². The Morgan fingerprint density at radius 3 is 2.55 bits per heavy atom. The van der Waals surface area contributed by atoms with E-state index in [9.17, 15) is 9.59 Å². The van der Waals surface area contributed by atoms with Gasteiger partial charge in [0.05, 0.1) is 6.26 Å². The summed E-state index contributed by atoms with van der Waals surface area (Å²) in [6, 6.07) is 13.1. The normalized spacial score (nSPS) is 10.7. The van der Waals surface area contributed by atoms with Crippen LogP contribution in [-0.4, -0.2) is 23.3 Å². The van der Waals surface area contributed by atoms with Crippen LogP contribution in [0.2, 0.25) is 0 Å². The monoisotopic (exact) mass is 298 g/mol. The van der Waals surface area contributed by atoms with E-state index in [4.69, 9.17) is 10.2 Å². The highest BCUT2D eigenvalue weighted by molar-refractivity contribution is 5.91. The average molecular weight is 298 g/mol. The van der Waals surface area contributed by atoms with Crippen LogP contribution in [-0.2, 0) is 16.1 Å². The van der Waals surface area contributed by atoms with E-state index in [0.29, 0.717) is 12.3 Å². The van der Waals surface area contributed by atoms with Gasteiger partial charge in [-0.05, 0) is 23.8 Å². The van der Waals surface area contributed by atoms with E-state index in [1.165, 1.54) is 6.08 Å². The van der Waals surface area contributed by atoms with Crippen LogP contribution in [0.1, 0.15) is 17.7 Å². The van der Waals surface area contributed by atoms with Gasteiger partial charge in [0.1, 0.15) is 5.76 Å². The molecule has 0 spiro atoms. The summed E-state index contributed by atoms with van der Waals surface area (Å²) in [7, 11) is 0. The van der Waals surface area contributed by atoms with Gasteiger partial charge in [0.25, 0.3) is 0 Å². The van der Waals surface area contributed by atoms with Gasteiger partial charge in [-0.15, -0.1) is 0 Å². The van der Waals surface area contributed by atoms with Crippen LogP contribution in [0.4, 0.5) is 0 Å². The number of nitrogens with two attached hydrogens (primary N) is 1. The molecule has 2 aromatic rings. The van der Waals surface area contributed by atoms with Crippen LogP contribution < -0.4 is 5.73 Å². The molecule has 0 atom stereocenters. The number of hydrogen-bond donors (Lipinski definition) is 1. The molecule has 0 aliphatic heterocycles. The second-order valence-corrected chi connectivity index (χ2v) is 4.81. The second kappa shape index (κ2) is 7.83. The van der Waals surface area contributed by atoms with E-state index in [-0.39, 0.29) is 18.9 Å². The zero-order valence-corrected chi connectivity index (χ0v) is 12.1. The van der Waals surface area contributed by atoms with Crippen LogP contribution in [0, 0.1) is 0 Å². The number of hydrogen-bond acceptors (Lipinski definition) is 3. The molecule has 0 radical (unpaired) electrons. The van der Waals surface area contributed by atoms with E-state index in [2.05, 4.69) is 0 Å². The Bertz CT molecular complexity index is 633. The van der Waals surface area contributed by atoms with E-state index in [0.717, 1.165) is 5.56 Å². The number of amides is 2. The average Bonchev–Trinajstić information content (AvgIpc) is 3.03. The van der Waals surface area contributed by atoms with Crippen molar-refractivity contribution in [3.8, 4) is 0 Å². The van der Waals surface area contributed by atoms with Crippen LogP contribution in [0.15, 0.2) is 59.2 Å². The van der Waals surface area contributed by atoms with Gasteiger partial charge in [0.15, 0.2) is 0 Å². The maximum Gasteiger partial charge on any atom is 0.247 e. The number of carbonyl (C=O) groups excluding carboxylic acids is 2. The summed E-state index contributed by atoms with van der Waals surface area (Å²) in [5.74, 6) is -0.0229. The first-order valence-electron chi connectivity index (χ1n) is 6.98. The number of furan rings is 1. The summed E-state index contributed by atoms with van der Waals surface area (Å²) in [6.45, 7) is 0.709. The Morgan fingerprint density at radius 2 is 1.91 bits per heavy atom. The van der Waals surface area contributed by atoms with Crippen LogP contribution in [0.25, 0.3) is 6.08 Å². The third kappa shape index (κ3) is 4.94. The fourth-order valence-electron chi connectivity index (χ4n) is 1.96. The van der Waals surface area contributed by atoms with Crippen molar-refractivity contribution in [2.75, 3.05) is 6.54 Å². The molecule has 22 heavy (non-hydrogen) atoms. The van der Waals surface area contributed by atoms with Crippen LogP contribution >= 0.6 is 0 Å². The Kier molecular flexibility index (Phi) is 5.54. The predicted molar refractivity (Wildman–Crippen MR) is 83.4 cm³/mol. The molecule has 1 aromatic carbocycles.